The number of aliphatic imine (C=N–C) groups is 1. The van der Waals surface area contributed by atoms with Gasteiger partial charge in [-0.1, -0.05) is 0 Å². The first-order valence-corrected chi connectivity index (χ1v) is 10.6. The minimum atomic E-state index is 0.160. The van der Waals surface area contributed by atoms with E-state index in [0.717, 1.165) is 25.2 Å². The van der Waals surface area contributed by atoms with E-state index in [1.54, 1.807) is 25.5 Å². The predicted molar refractivity (Wildman–Crippen MR) is 117 cm³/mol. The highest BCUT2D eigenvalue weighted by Gasteiger charge is 2.21. The van der Waals surface area contributed by atoms with Gasteiger partial charge in [-0.25, -0.2) is 0 Å². The molecule has 1 aliphatic rings. The normalized spacial score (nSPS) is 13.6. The highest BCUT2D eigenvalue weighted by molar-refractivity contribution is 7.10. The van der Waals surface area contributed by atoms with E-state index in [1.807, 2.05) is 30.0 Å². The van der Waals surface area contributed by atoms with Crippen molar-refractivity contribution >= 4 is 28.9 Å². The largest absolute Gasteiger partial charge is 0.493 e. The monoisotopic (exact) mass is 416 g/mol. The molecule has 7 nitrogen and oxygen atoms in total. The Balaban J connectivity index is 1.49. The maximum absolute atomic E-state index is 12.5. The van der Waals surface area contributed by atoms with Gasteiger partial charge in [0.1, 0.15) is 0 Å². The fraction of sp³-hybridized carbons (Fsp3) is 0.429. The summed E-state index contributed by atoms with van der Waals surface area (Å²) in [6.45, 7) is 4.54. The molecule has 0 aliphatic carbocycles. The van der Waals surface area contributed by atoms with E-state index < -0.39 is 0 Å². The lowest BCUT2D eigenvalue weighted by Crippen LogP contribution is -2.38. The molecule has 3 rings (SSSR count). The summed E-state index contributed by atoms with van der Waals surface area (Å²) in [6, 6.07) is 7.73. The van der Waals surface area contributed by atoms with Gasteiger partial charge in [0.15, 0.2) is 17.5 Å². The van der Waals surface area contributed by atoms with Crippen LogP contribution in [0.25, 0.3) is 0 Å². The van der Waals surface area contributed by atoms with Crippen LogP contribution in [0.3, 0.4) is 0 Å². The molecule has 2 aromatic rings. The van der Waals surface area contributed by atoms with Gasteiger partial charge in [-0.15, -0.1) is 11.3 Å². The number of rotatable bonds is 7. The fourth-order valence-electron chi connectivity index (χ4n) is 3.24. The van der Waals surface area contributed by atoms with Gasteiger partial charge in [-0.05, 0) is 42.5 Å². The van der Waals surface area contributed by atoms with Gasteiger partial charge < -0.3 is 25.0 Å². The number of methoxy groups -OCH3 is 1. The highest BCUT2D eigenvalue weighted by atomic mass is 32.1. The van der Waals surface area contributed by atoms with E-state index in [1.165, 1.54) is 10.4 Å². The topological polar surface area (TPSA) is 75.2 Å². The molecular formula is C21H28N4O3S. The van der Waals surface area contributed by atoms with Crippen LogP contribution in [0, 0.1) is 0 Å². The molecule has 1 aromatic heterocycles. The van der Waals surface area contributed by atoms with E-state index >= 15 is 0 Å². The predicted octanol–water partition coefficient (Wildman–Crippen LogP) is 3.12. The molecule has 0 bridgehead atoms. The van der Waals surface area contributed by atoms with Gasteiger partial charge in [0.05, 0.1) is 13.7 Å². The van der Waals surface area contributed by atoms with Gasteiger partial charge in [0, 0.05) is 49.7 Å². The average Bonchev–Trinajstić information content (AvgIpc) is 3.21. The third-order valence-electron chi connectivity index (χ3n) is 4.74. The number of benzene rings is 1. The second-order valence-corrected chi connectivity index (χ2v) is 7.61. The fourth-order valence-corrected chi connectivity index (χ4v) is 4.13. The molecule has 0 saturated carbocycles. The molecule has 1 aromatic carbocycles. The Bertz CT molecular complexity index is 865. The number of carbonyl (C=O) groups is 1. The van der Waals surface area contributed by atoms with Gasteiger partial charge >= 0.3 is 0 Å². The minimum Gasteiger partial charge on any atom is -0.493 e. The Labute approximate surface area is 175 Å². The van der Waals surface area contributed by atoms with Crippen LogP contribution in [-0.4, -0.2) is 50.6 Å². The lowest BCUT2D eigenvalue weighted by Gasteiger charge is -2.27. The number of nitrogens with zero attached hydrogens (tertiary/aromatic N) is 2. The van der Waals surface area contributed by atoms with Crippen LogP contribution < -0.4 is 20.1 Å². The molecule has 29 heavy (non-hydrogen) atoms. The summed E-state index contributed by atoms with van der Waals surface area (Å²) in [5, 5.41) is 8.52. The maximum atomic E-state index is 12.5. The third-order valence-corrected chi connectivity index (χ3v) is 5.76. The first-order chi connectivity index (χ1) is 14.1. The SMILES string of the molecule is CCOc1ccc(NC(=NC)NCCC(=O)N2CCc3sccc3C2)cc1OC. The second kappa shape index (κ2) is 10.2. The lowest BCUT2D eigenvalue weighted by molar-refractivity contribution is -0.131. The van der Waals surface area contributed by atoms with Crippen LogP contribution in [0.1, 0.15) is 23.8 Å². The summed E-state index contributed by atoms with van der Waals surface area (Å²) >= 11 is 1.78. The standard InChI is InChI=1S/C21H28N4O3S/c1-4-28-17-6-5-16(13-18(17)27-3)24-21(22-2)23-10-7-20(26)25-11-8-19-15(14-25)9-12-29-19/h5-6,9,12-13H,4,7-8,10-11,14H2,1-3H3,(H2,22,23,24). The minimum absolute atomic E-state index is 0.160. The van der Waals surface area contributed by atoms with Crippen molar-refractivity contribution in [1.82, 2.24) is 10.2 Å². The number of guanidine groups is 1. The number of ether oxygens (including phenoxy) is 2. The number of fused-ring (bicyclic) bond motifs is 1. The summed E-state index contributed by atoms with van der Waals surface area (Å²) in [4.78, 5) is 20.1. The van der Waals surface area contributed by atoms with E-state index in [4.69, 9.17) is 9.47 Å². The molecule has 2 N–H and O–H groups in total. The first-order valence-electron chi connectivity index (χ1n) is 9.76. The van der Waals surface area contributed by atoms with Crippen LogP contribution >= 0.6 is 11.3 Å². The van der Waals surface area contributed by atoms with Crippen molar-refractivity contribution in [1.29, 1.82) is 0 Å². The molecule has 0 saturated heterocycles. The van der Waals surface area contributed by atoms with Gasteiger partial charge in [-0.2, -0.15) is 0 Å². The Morgan fingerprint density at radius 3 is 2.93 bits per heavy atom. The Morgan fingerprint density at radius 1 is 1.31 bits per heavy atom. The molecule has 1 aliphatic heterocycles. The van der Waals surface area contributed by atoms with Crippen LogP contribution in [0.15, 0.2) is 34.6 Å². The van der Waals surface area contributed by atoms with Gasteiger partial charge in [0.2, 0.25) is 5.91 Å². The zero-order chi connectivity index (χ0) is 20.6. The quantitative estimate of drug-likeness (QED) is 0.536. The van der Waals surface area contributed by atoms with Crippen LogP contribution in [0.5, 0.6) is 11.5 Å². The summed E-state index contributed by atoms with van der Waals surface area (Å²) in [7, 11) is 3.31. The number of hydrogen-bond acceptors (Lipinski definition) is 5. The van der Waals surface area contributed by atoms with Crippen molar-refractivity contribution in [3.63, 3.8) is 0 Å². The number of nitrogens with one attached hydrogen (secondary N) is 2. The molecule has 0 unspecified atom stereocenters. The molecule has 0 spiro atoms. The number of carbonyl (C=O) groups excluding carboxylic acids is 1. The molecule has 156 valence electrons. The first kappa shape index (κ1) is 21.0. The Morgan fingerprint density at radius 2 is 2.17 bits per heavy atom. The van der Waals surface area contributed by atoms with Crippen LogP contribution in [-0.2, 0) is 17.8 Å². The molecule has 2 heterocycles. The number of hydrogen-bond donors (Lipinski definition) is 2. The van der Waals surface area contributed by atoms with Crippen molar-refractivity contribution in [3.8, 4) is 11.5 Å². The van der Waals surface area contributed by atoms with Crippen LogP contribution in [0.4, 0.5) is 5.69 Å². The number of thiophene rings is 1. The zero-order valence-corrected chi connectivity index (χ0v) is 18.0. The van der Waals surface area contributed by atoms with E-state index in [2.05, 4.69) is 27.1 Å². The van der Waals surface area contributed by atoms with E-state index in [0.29, 0.717) is 37.0 Å². The smallest absolute Gasteiger partial charge is 0.224 e. The van der Waals surface area contributed by atoms with Crippen molar-refractivity contribution in [2.75, 3.05) is 39.2 Å². The Kier molecular flexibility index (Phi) is 7.35. The van der Waals surface area contributed by atoms with Crippen molar-refractivity contribution in [2.24, 2.45) is 4.99 Å². The summed E-state index contributed by atoms with van der Waals surface area (Å²) < 4.78 is 10.9. The molecule has 8 heteroatoms. The van der Waals surface area contributed by atoms with Crippen molar-refractivity contribution in [2.45, 2.75) is 26.3 Å². The summed E-state index contributed by atoms with van der Waals surface area (Å²) in [5.41, 5.74) is 2.11. The summed E-state index contributed by atoms with van der Waals surface area (Å²) in [6.07, 6.45) is 1.38. The number of amides is 1. The third kappa shape index (κ3) is 5.41. The van der Waals surface area contributed by atoms with Gasteiger partial charge in [-0.3, -0.25) is 9.79 Å². The maximum Gasteiger partial charge on any atom is 0.224 e. The van der Waals surface area contributed by atoms with E-state index in [-0.39, 0.29) is 5.91 Å². The summed E-state index contributed by atoms with van der Waals surface area (Å²) in [5.74, 6) is 2.11. The van der Waals surface area contributed by atoms with Crippen LogP contribution in [0.2, 0.25) is 0 Å². The van der Waals surface area contributed by atoms with E-state index in [9.17, 15) is 4.79 Å². The van der Waals surface area contributed by atoms with Crippen molar-refractivity contribution in [3.05, 3.63) is 40.1 Å². The second-order valence-electron chi connectivity index (χ2n) is 6.61. The van der Waals surface area contributed by atoms with Gasteiger partial charge in [0.25, 0.3) is 0 Å². The molecule has 0 atom stereocenters. The zero-order valence-electron chi connectivity index (χ0n) is 17.2. The molecule has 1 amide bonds. The van der Waals surface area contributed by atoms with Crippen molar-refractivity contribution < 1.29 is 14.3 Å². The molecule has 0 radical (unpaired) electrons. The highest BCUT2D eigenvalue weighted by Crippen LogP contribution is 2.30. The lowest BCUT2D eigenvalue weighted by atomic mass is 10.1. The molecular weight excluding hydrogens is 388 g/mol. The number of anilines is 1. The Hall–Kier alpha value is -2.74. The average molecular weight is 417 g/mol. The molecule has 0 fully saturated rings.